The average molecular weight is 1010 g/mol. The Balaban J connectivity index is 1.36. The number of thioether (sulfide) groups is 1. The molecule has 0 aliphatic carbocycles. The molecule has 0 fully saturated rings. The van der Waals surface area contributed by atoms with Gasteiger partial charge in [0.15, 0.2) is 5.82 Å². The Kier molecular flexibility index (Phi) is 20.6. The predicted molar refractivity (Wildman–Crippen MR) is 280 cm³/mol. The molecular weight excluding hydrogens is 937 g/mol. The minimum absolute atomic E-state index is 0.00616. The number of aromatic nitrogens is 2. The molecule has 71 heavy (non-hydrogen) atoms. The topological polar surface area (TPSA) is 181 Å². The van der Waals surface area contributed by atoms with Crippen LogP contribution in [0.3, 0.4) is 0 Å². The van der Waals surface area contributed by atoms with Crippen molar-refractivity contribution in [3.8, 4) is 11.5 Å². The number of alkyl carbamates (subject to hydrolysis) is 1. The number of esters is 1. The van der Waals surface area contributed by atoms with Gasteiger partial charge in [0, 0.05) is 35.1 Å². The predicted octanol–water partition coefficient (Wildman–Crippen LogP) is 10.8. The number of amides is 2. The van der Waals surface area contributed by atoms with E-state index in [2.05, 4.69) is 74.7 Å². The van der Waals surface area contributed by atoms with Gasteiger partial charge in [-0.2, -0.15) is 16.7 Å². The Morgan fingerprint density at radius 1 is 0.887 bits per heavy atom. The van der Waals surface area contributed by atoms with Gasteiger partial charge in [0.2, 0.25) is 11.8 Å². The zero-order valence-corrected chi connectivity index (χ0v) is 44.1. The first-order valence-electron chi connectivity index (χ1n) is 23.9. The van der Waals surface area contributed by atoms with Gasteiger partial charge in [-0.1, -0.05) is 149 Å². The van der Waals surface area contributed by atoms with Gasteiger partial charge in [0.25, 0.3) is 8.32 Å². The van der Waals surface area contributed by atoms with Crippen LogP contribution in [0.15, 0.2) is 127 Å². The fourth-order valence-electron chi connectivity index (χ4n) is 7.93. The molecule has 0 radical (unpaired) electrons. The molecular formula is C55H70N4O10SSi. The first kappa shape index (κ1) is 55.7. The maximum absolute atomic E-state index is 13.9. The molecule has 0 saturated heterocycles. The molecule has 2 amide bonds. The number of carbonyl (C=O) groups excluding carboxylic acids is 3. The zero-order valence-electron chi connectivity index (χ0n) is 42.3. The van der Waals surface area contributed by atoms with Crippen LogP contribution < -0.4 is 19.8 Å². The lowest BCUT2D eigenvalue weighted by Gasteiger charge is -2.43. The summed E-state index contributed by atoms with van der Waals surface area (Å²) in [5.74, 6) is 1.19. The molecule has 4 aromatic carbocycles. The molecule has 0 bridgehead atoms. The fraction of sp³-hybridized carbons (Fsp3) is 0.400. The van der Waals surface area contributed by atoms with Crippen LogP contribution in [0.25, 0.3) is 0 Å². The van der Waals surface area contributed by atoms with Crippen molar-refractivity contribution in [1.29, 1.82) is 0 Å². The van der Waals surface area contributed by atoms with E-state index in [9.17, 15) is 19.5 Å². The van der Waals surface area contributed by atoms with Crippen molar-refractivity contribution in [2.45, 2.75) is 102 Å². The molecule has 380 valence electrons. The lowest BCUT2D eigenvalue weighted by atomic mass is 9.80. The van der Waals surface area contributed by atoms with E-state index in [1.54, 1.807) is 14.0 Å². The Morgan fingerprint density at radius 2 is 1.46 bits per heavy atom. The second-order valence-corrected chi connectivity index (χ2v) is 24.0. The number of ether oxygens (including phenoxy) is 4. The van der Waals surface area contributed by atoms with Gasteiger partial charge in [0.05, 0.1) is 31.9 Å². The molecule has 0 spiro atoms. The third-order valence-electron chi connectivity index (χ3n) is 13.1. The van der Waals surface area contributed by atoms with E-state index in [0.717, 1.165) is 16.7 Å². The van der Waals surface area contributed by atoms with Gasteiger partial charge in [-0.25, -0.2) is 9.59 Å². The quantitative estimate of drug-likeness (QED) is 0.0187. The van der Waals surface area contributed by atoms with E-state index >= 15 is 0 Å². The van der Waals surface area contributed by atoms with Gasteiger partial charge in [-0.05, 0) is 60.5 Å². The number of aliphatic hydroxyl groups excluding tert-OH is 1. The van der Waals surface area contributed by atoms with E-state index in [-0.39, 0.29) is 73.4 Å². The summed E-state index contributed by atoms with van der Waals surface area (Å²) in [7, 11) is -0.984. The standard InChI is InChI=1S/C55H70N4O10SSi/c1-11-31-65-52(62)50-39(5)46(64-8)33-47(69-71(9,10)54(6,7)38(3)4)44(50)36-70-37-45(51-58-48(59-68-51)34-56-53(63)66-32-12-2)57-49(61)30-22-29-43(60)35-67-55(40-23-16-13-17-24-40,41-25-18-14-19-26-41)42-27-20-15-21-28-42/h11-21,23-28,33,38,43,45,60H,1-2,22,29-32,34-37H2,3-10H3,(H,56,63)(H,57,61)/t43-,45+/m1/s1. The lowest BCUT2D eigenvalue weighted by molar-refractivity contribution is -0.122. The maximum atomic E-state index is 13.9. The lowest BCUT2D eigenvalue weighted by Crippen LogP contribution is -2.48. The van der Waals surface area contributed by atoms with Crippen molar-refractivity contribution in [3.05, 3.63) is 167 Å². The molecule has 3 N–H and O–H groups in total. The summed E-state index contributed by atoms with van der Waals surface area (Å²) in [5, 5.41) is 21.0. The summed E-state index contributed by atoms with van der Waals surface area (Å²) in [5.41, 5.74) is 3.27. The summed E-state index contributed by atoms with van der Waals surface area (Å²) in [6, 6.07) is 30.8. The number of hydrogen-bond acceptors (Lipinski definition) is 13. The molecule has 16 heteroatoms. The number of aliphatic hydroxyl groups is 1. The van der Waals surface area contributed by atoms with Crippen molar-refractivity contribution >= 4 is 38.0 Å². The molecule has 5 aromatic rings. The van der Waals surface area contributed by atoms with Crippen molar-refractivity contribution in [3.63, 3.8) is 0 Å². The Hall–Kier alpha value is -6.20. The Bertz CT molecular complexity index is 2420. The van der Waals surface area contributed by atoms with E-state index in [1.807, 2.05) is 97.1 Å². The first-order valence-corrected chi connectivity index (χ1v) is 27.9. The summed E-state index contributed by atoms with van der Waals surface area (Å²) < 4.78 is 36.0. The summed E-state index contributed by atoms with van der Waals surface area (Å²) >= 11 is 1.42. The maximum Gasteiger partial charge on any atom is 0.407 e. The van der Waals surface area contributed by atoms with Crippen molar-refractivity contribution < 1.29 is 47.4 Å². The number of hydrogen-bond donors (Lipinski definition) is 3. The molecule has 0 aliphatic heterocycles. The van der Waals surface area contributed by atoms with Crippen molar-refractivity contribution in [2.24, 2.45) is 5.92 Å². The summed E-state index contributed by atoms with van der Waals surface area (Å²) in [6.07, 6.45) is 2.05. The minimum Gasteiger partial charge on any atom is -0.543 e. The highest BCUT2D eigenvalue weighted by atomic mass is 32.2. The van der Waals surface area contributed by atoms with Gasteiger partial charge >= 0.3 is 12.1 Å². The highest BCUT2D eigenvalue weighted by Gasteiger charge is 2.46. The van der Waals surface area contributed by atoms with E-state index in [4.69, 9.17) is 27.9 Å². The molecule has 0 aliphatic rings. The molecule has 14 nitrogen and oxygen atoms in total. The zero-order chi connectivity index (χ0) is 51.6. The number of benzene rings is 4. The minimum atomic E-state index is -2.53. The van der Waals surface area contributed by atoms with Crippen LogP contribution in [-0.2, 0) is 36.9 Å². The van der Waals surface area contributed by atoms with Crippen LogP contribution in [0.4, 0.5) is 4.79 Å². The molecule has 2 atom stereocenters. The number of rotatable bonds is 28. The van der Waals surface area contributed by atoms with Crippen LogP contribution >= 0.6 is 11.8 Å². The van der Waals surface area contributed by atoms with Gasteiger partial charge in [-0.3, -0.25) is 4.79 Å². The second kappa shape index (κ2) is 26.3. The Labute approximate surface area is 424 Å². The summed E-state index contributed by atoms with van der Waals surface area (Å²) in [6.45, 7) is 22.1. The number of nitrogens with one attached hydrogen (secondary N) is 2. The van der Waals surface area contributed by atoms with Crippen LogP contribution in [0.1, 0.15) is 103 Å². The highest BCUT2D eigenvalue weighted by Crippen LogP contribution is 2.47. The number of methoxy groups -OCH3 is 1. The van der Waals surface area contributed by atoms with Crippen LogP contribution in [0, 0.1) is 12.8 Å². The van der Waals surface area contributed by atoms with Gasteiger partial charge < -0.3 is 43.6 Å². The molecule has 0 unspecified atom stereocenters. The monoisotopic (exact) mass is 1010 g/mol. The average Bonchev–Trinajstić information content (AvgIpc) is 3.85. The number of nitrogens with zero attached hydrogens (tertiary/aromatic N) is 2. The van der Waals surface area contributed by atoms with Crippen LogP contribution in [-0.4, -0.2) is 80.3 Å². The normalized spacial score (nSPS) is 12.6. The Morgan fingerprint density at radius 3 is 2.01 bits per heavy atom. The second-order valence-electron chi connectivity index (χ2n) is 18.5. The van der Waals surface area contributed by atoms with Crippen LogP contribution in [0.5, 0.6) is 11.5 Å². The highest BCUT2D eigenvalue weighted by molar-refractivity contribution is 7.98. The molecule has 5 rings (SSSR count). The third-order valence-corrected chi connectivity index (χ3v) is 18.5. The molecule has 0 saturated carbocycles. The fourth-order valence-corrected chi connectivity index (χ4v) is 11.4. The smallest absolute Gasteiger partial charge is 0.407 e. The van der Waals surface area contributed by atoms with Gasteiger partial charge in [0.1, 0.15) is 36.4 Å². The van der Waals surface area contributed by atoms with E-state index < -0.39 is 38.1 Å². The van der Waals surface area contributed by atoms with E-state index in [0.29, 0.717) is 40.5 Å². The van der Waals surface area contributed by atoms with Gasteiger partial charge in [-0.15, -0.1) is 0 Å². The molecule has 1 aromatic heterocycles. The third kappa shape index (κ3) is 14.5. The number of carbonyl (C=O) groups is 3. The largest absolute Gasteiger partial charge is 0.543 e. The molecule has 1 heterocycles. The van der Waals surface area contributed by atoms with Crippen molar-refractivity contribution in [2.75, 3.05) is 32.7 Å². The first-order chi connectivity index (χ1) is 34.0. The van der Waals surface area contributed by atoms with E-state index in [1.165, 1.54) is 23.9 Å². The summed E-state index contributed by atoms with van der Waals surface area (Å²) in [4.78, 5) is 44.4. The SMILES string of the molecule is C=CCOC(=O)NCc1noc([C@H](CSCc2c(O[Si](C)(C)C(C)(C)C(C)C)cc(OC)c(C)c2C(=O)OCC=C)NC(=O)CCC[C@@H](O)COC(c2ccccc2)(c2ccccc2)c2ccccc2)n1. The van der Waals surface area contributed by atoms with Crippen LogP contribution in [0.2, 0.25) is 18.1 Å². The van der Waals surface area contributed by atoms with Crippen molar-refractivity contribution in [1.82, 2.24) is 20.8 Å².